The zero-order chi connectivity index (χ0) is 14.7. The SMILES string of the molecule is O=[N+]([O-])c1ccc(-c2csc(Cc3ccccn3)n2)cc1. The van der Waals surface area contributed by atoms with Gasteiger partial charge in [0.15, 0.2) is 0 Å². The van der Waals surface area contributed by atoms with Crippen molar-refractivity contribution >= 4 is 17.0 Å². The van der Waals surface area contributed by atoms with Gasteiger partial charge in [-0.15, -0.1) is 11.3 Å². The van der Waals surface area contributed by atoms with Crippen LogP contribution in [0.1, 0.15) is 10.7 Å². The minimum absolute atomic E-state index is 0.0858. The molecule has 2 aromatic heterocycles. The molecule has 0 aliphatic heterocycles. The maximum absolute atomic E-state index is 10.6. The van der Waals surface area contributed by atoms with Crippen LogP contribution in [0.15, 0.2) is 54.0 Å². The third-order valence-electron chi connectivity index (χ3n) is 2.98. The van der Waals surface area contributed by atoms with Gasteiger partial charge in [-0.3, -0.25) is 15.1 Å². The van der Waals surface area contributed by atoms with E-state index < -0.39 is 4.92 Å². The molecule has 2 heterocycles. The van der Waals surface area contributed by atoms with Gasteiger partial charge in [0.1, 0.15) is 0 Å². The van der Waals surface area contributed by atoms with E-state index in [2.05, 4.69) is 9.97 Å². The van der Waals surface area contributed by atoms with Crippen LogP contribution in [0.25, 0.3) is 11.3 Å². The Bertz CT molecular complexity index is 754. The highest BCUT2D eigenvalue weighted by atomic mass is 32.1. The number of rotatable bonds is 4. The number of pyridine rings is 1. The first-order valence-electron chi connectivity index (χ1n) is 6.31. The van der Waals surface area contributed by atoms with Gasteiger partial charge in [-0.25, -0.2) is 4.98 Å². The minimum Gasteiger partial charge on any atom is -0.261 e. The molecule has 1 aromatic carbocycles. The Labute approximate surface area is 125 Å². The zero-order valence-corrected chi connectivity index (χ0v) is 11.8. The van der Waals surface area contributed by atoms with Gasteiger partial charge in [0.25, 0.3) is 5.69 Å². The van der Waals surface area contributed by atoms with E-state index in [9.17, 15) is 10.1 Å². The highest BCUT2D eigenvalue weighted by molar-refractivity contribution is 7.10. The molecule has 21 heavy (non-hydrogen) atoms. The summed E-state index contributed by atoms with van der Waals surface area (Å²) in [6, 6.07) is 12.2. The fraction of sp³-hybridized carbons (Fsp3) is 0.0667. The molecular weight excluding hydrogens is 286 g/mol. The van der Waals surface area contributed by atoms with Gasteiger partial charge in [-0.05, 0) is 24.3 Å². The van der Waals surface area contributed by atoms with Crippen LogP contribution in [0, 0.1) is 10.1 Å². The van der Waals surface area contributed by atoms with Crippen LogP contribution in [0.3, 0.4) is 0 Å². The Kier molecular flexibility index (Phi) is 3.70. The standard InChI is InChI=1S/C15H11N3O2S/c19-18(20)13-6-4-11(5-7-13)14-10-21-15(17-14)9-12-3-1-2-8-16-12/h1-8,10H,9H2. The predicted molar refractivity (Wildman–Crippen MR) is 81.2 cm³/mol. The molecule has 6 heteroatoms. The molecule has 0 radical (unpaired) electrons. The van der Waals surface area contributed by atoms with Crippen molar-refractivity contribution in [1.29, 1.82) is 0 Å². The number of hydrogen-bond donors (Lipinski definition) is 0. The molecule has 3 aromatic rings. The molecule has 0 unspecified atom stereocenters. The smallest absolute Gasteiger partial charge is 0.261 e. The number of nitro groups is 1. The van der Waals surface area contributed by atoms with E-state index in [-0.39, 0.29) is 5.69 Å². The van der Waals surface area contributed by atoms with E-state index in [0.717, 1.165) is 22.0 Å². The van der Waals surface area contributed by atoms with Crippen LogP contribution in [0.5, 0.6) is 0 Å². The predicted octanol–water partition coefficient (Wildman–Crippen LogP) is 3.70. The molecule has 0 saturated heterocycles. The summed E-state index contributed by atoms with van der Waals surface area (Å²) in [5, 5.41) is 13.6. The molecule has 0 N–H and O–H groups in total. The van der Waals surface area contributed by atoms with Gasteiger partial charge < -0.3 is 0 Å². The molecule has 5 nitrogen and oxygen atoms in total. The second-order valence-corrected chi connectivity index (χ2v) is 5.37. The van der Waals surface area contributed by atoms with E-state index >= 15 is 0 Å². The van der Waals surface area contributed by atoms with Crippen molar-refractivity contribution in [2.75, 3.05) is 0 Å². The number of aromatic nitrogens is 2. The van der Waals surface area contributed by atoms with Crippen LogP contribution >= 0.6 is 11.3 Å². The van der Waals surface area contributed by atoms with Crippen molar-refractivity contribution in [1.82, 2.24) is 9.97 Å². The number of benzene rings is 1. The van der Waals surface area contributed by atoms with Crippen molar-refractivity contribution in [3.63, 3.8) is 0 Å². The lowest BCUT2D eigenvalue weighted by Gasteiger charge is -1.97. The maximum atomic E-state index is 10.6. The van der Waals surface area contributed by atoms with Crippen molar-refractivity contribution in [2.45, 2.75) is 6.42 Å². The summed E-state index contributed by atoms with van der Waals surface area (Å²) in [6.07, 6.45) is 2.46. The molecule has 3 rings (SSSR count). The number of nitro benzene ring substituents is 1. The van der Waals surface area contributed by atoms with Gasteiger partial charge in [-0.2, -0.15) is 0 Å². The third kappa shape index (κ3) is 3.11. The largest absolute Gasteiger partial charge is 0.269 e. The summed E-state index contributed by atoms with van der Waals surface area (Å²) in [5.74, 6) is 0. The molecule has 0 aliphatic rings. The summed E-state index contributed by atoms with van der Waals surface area (Å²) < 4.78 is 0. The van der Waals surface area contributed by atoms with E-state index in [4.69, 9.17) is 0 Å². The third-order valence-corrected chi connectivity index (χ3v) is 3.83. The van der Waals surface area contributed by atoms with Gasteiger partial charge >= 0.3 is 0 Å². The van der Waals surface area contributed by atoms with Crippen molar-refractivity contribution in [3.05, 3.63) is 74.9 Å². The average molecular weight is 297 g/mol. The normalized spacial score (nSPS) is 10.5. The van der Waals surface area contributed by atoms with Crippen LogP contribution < -0.4 is 0 Å². The van der Waals surface area contributed by atoms with Crippen LogP contribution in [-0.4, -0.2) is 14.9 Å². The monoisotopic (exact) mass is 297 g/mol. The van der Waals surface area contributed by atoms with Crippen LogP contribution in [0.4, 0.5) is 5.69 Å². The molecule has 0 saturated carbocycles. The molecule has 0 bridgehead atoms. The molecule has 0 amide bonds. The molecule has 0 aliphatic carbocycles. The van der Waals surface area contributed by atoms with Gasteiger partial charge in [0.05, 0.1) is 15.6 Å². The first-order chi connectivity index (χ1) is 10.2. The first-order valence-corrected chi connectivity index (χ1v) is 7.19. The summed E-state index contributed by atoms with van der Waals surface area (Å²) in [6.45, 7) is 0. The molecular formula is C15H11N3O2S. The van der Waals surface area contributed by atoms with Crippen molar-refractivity contribution in [2.24, 2.45) is 0 Å². The highest BCUT2D eigenvalue weighted by Gasteiger charge is 2.08. The van der Waals surface area contributed by atoms with Crippen LogP contribution in [-0.2, 0) is 6.42 Å². The van der Waals surface area contributed by atoms with Crippen molar-refractivity contribution < 1.29 is 4.92 Å². The summed E-state index contributed by atoms with van der Waals surface area (Å²) >= 11 is 1.56. The van der Waals surface area contributed by atoms with E-state index in [1.54, 1.807) is 29.7 Å². The summed E-state index contributed by atoms with van der Waals surface area (Å²) in [4.78, 5) is 19.1. The molecule has 0 spiro atoms. The molecule has 0 atom stereocenters. The van der Waals surface area contributed by atoms with Gasteiger partial charge in [-0.1, -0.05) is 6.07 Å². The molecule has 0 fully saturated rings. The maximum Gasteiger partial charge on any atom is 0.269 e. The molecule has 104 valence electrons. The van der Waals surface area contributed by atoms with Gasteiger partial charge in [0, 0.05) is 41.4 Å². The fourth-order valence-corrected chi connectivity index (χ4v) is 2.75. The fourth-order valence-electron chi connectivity index (χ4n) is 1.94. The number of thiazole rings is 1. The van der Waals surface area contributed by atoms with E-state index in [0.29, 0.717) is 6.42 Å². The number of nitrogens with zero attached hydrogens (tertiary/aromatic N) is 3. The first kappa shape index (κ1) is 13.4. The number of hydrogen-bond acceptors (Lipinski definition) is 5. The Morgan fingerprint density at radius 3 is 2.62 bits per heavy atom. The Hall–Kier alpha value is -2.60. The topological polar surface area (TPSA) is 68.9 Å². The Morgan fingerprint density at radius 2 is 1.95 bits per heavy atom. The summed E-state index contributed by atoms with van der Waals surface area (Å²) in [7, 11) is 0. The summed E-state index contributed by atoms with van der Waals surface area (Å²) in [5.41, 5.74) is 2.77. The second-order valence-electron chi connectivity index (χ2n) is 4.43. The van der Waals surface area contributed by atoms with Crippen LogP contribution in [0.2, 0.25) is 0 Å². The van der Waals surface area contributed by atoms with Crippen molar-refractivity contribution in [3.8, 4) is 11.3 Å². The van der Waals surface area contributed by atoms with E-state index in [1.807, 2.05) is 23.6 Å². The Balaban J connectivity index is 1.80. The lowest BCUT2D eigenvalue weighted by Crippen LogP contribution is -1.90. The van der Waals surface area contributed by atoms with E-state index in [1.165, 1.54) is 12.1 Å². The quantitative estimate of drug-likeness (QED) is 0.544. The zero-order valence-electron chi connectivity index (χ0n) is 11.0. The highest BCUT2D eigenvalue weighted by Crippen LogP contribution is 2.25. The minimum atomic E-state index is -0.405. The Morgan fingerprint density at radius 1 is 1.14 bits per heavy atom. The average Bonchev–Trinajstić information content (AvgIpc) is 2.97. The lowest BCUT2D eigenvalue weighted by atomic mass is 10.1. The van der Waals surface area contributed by atoms with Gasteiger partial charge in [0.2, 0.25) is 0 Å². The lowest BCUT2D eigenvalue weighted by molar-refractivity contribution is -0.384. The number of non-ortho nitro benzene ring substituents is 1. The second kappa shape index (κ2) is 5.80.